The van der Waals surface area contributed by atoms with Gasteiger partial charge in [0.15, 0.2) is 0 Å². The maximum atomic E-state index is 12.3. The summed E-state index contributed by atoms with van der Waals surface area (Å²) >= 11 is 1.26. The van der Waals surface area contributed by atoms with Gasteiger partial charge in [-0.1, -0.05) is 6.42 Å². The van der Waals surface area contributed by atoms with Gasteiger partial charge in [0.25, 0.3) is 5.91 Å². The molecule has 2 heterocycles. The molecule has 2 aromatic rings. The van der Waals surface area contributed by atoms with Gasteiger partial charge < -0.3 is 16.2 Å². The van der Waals surface area contributed by atoms with Crippen LogP contribution in [0, 0.1) is 11.8 Å². The summed E-state index contributed by atoms with van der Waals surface area (Å²) in [5, 5.41) is 12.2. The predicted molar refractivity (Wildman–Crippen MR) is 82.1 cm³/mol. The summed E-state index contributed by atoms with van der Waals surface area (Å²) in [7, 11) is 0. The first-order chi connectivity index (χ1) is 10.2. The molecule has 0 saturated heterocycles. The van der Waals surface area contributed by atoms with E-state index >= 15 is 0 Å². The number of nitrogen functional groups attached to an aromatic ring is 1. The lowest BCUT2D eigenvalue weighted by Gasteiger charge is -2.17. The highest BCUT2D eigenvalue weighted by atomic mass is 32.1. The number of aromatic nitrogens is 2. The molecule has 4 N–H and O–H groups in total. The molecular weight excluding hydrogens is 288 g/mol. The van der Waals surface area contributed by atoms with Gasteiger partial charge in [-0.2, -0.15) is 0 Å². The van der Waals surface area contributed by atoms with E-state index in [9.17, 15) is 9.90 Å². The van der Waals surface area contributed by atoms with E-state index in [4.69, 9.17) is 5.73 Å². The van der Waals surface area contributed by atoms with Crippen LogP contribution in [0.2, 0.25) is 0 Å². The summed E-state index contributed by atoms with van der Waals surface area (Å²) in [6, 6.07) is 0. The molecule has 1 aliphatic rings. The summed E-state index contributed by atoms with van der Waals surface area (Å²) in [4.78, 5) is 21.8. The number of thiophene rings is 1. The van der Waals surface area contributed by atoms with Gasteiger partial charge in [0.05, 0.1) is 5.69 Å². The Hall–Kier alpha value is -1.73. The van der Waals surface area contributed by atoms with Crippen molar-refractivity contribution >= 4 is 33.3 Å². The first-order valence-corrected chi connectivity index (χ1v) is 7.90. The first-order valence-electron chi connectivity index (χ1n) is 7.08. The minimum absolute atomic E-state index is 0.180. The maximum Gasteiger partial charge on any atom is 0.263 e. The molecule has 1 saturated carbocycles. The van der Waals surface area contributed by atoms with Crippen molar-refractivity contribution in [3.63, 3.8) is 0 Å². The number of nitrogens with two attached hydrogens (primary N) is 1. The molecule has 0 radical (unpaired) electrons. The third-order valence-corrected chi connectivity index (χ3v) is 5.25. The van der Waals surface area contributed by atoms with E-state index in [2.05, 4.69) is 15.3 Å². The fourth-order valence-corrected chi connectivity index (χ4v) is 3.88. The van der Waals surface area contributed by atoms with Gasteiger partial charge in [-0.15, -0.1) is 11.3 Å². The van der Waals surface area contributed by atoms with E-state index in [-0.39, 0.29) is 12.5 Å². The summed E-state index contributed by atoms with van der Waals surface area (Å²) in [5.41, 5.74) is 6.96. The second-order valence-electron chi connectivity index (χ2n) is 5.40. The summed E-state index contributed by atoms with van der Waals surface area (Å²) in [5.74, 6) is 0.472. The van der Waals surface area contributed by atoms with Gasteiger partial charge in [-0.3, -0.25) is 4.79 Å². The highest BCUT2D eigenvalue weighted by molar-refractivity contribution is 7.21. The number of rotatable bonds is 4. The van der Waals surface area contributed by atoms with Gasteiger partial charge in [-0.05, 0) is 24.7 Å². The third-order valence-electron chi connectivity index (χ3n) is 4.15. The Morgan fingerprint density at radius 1 is 1.38 bits per heavy atom. The van der Waals surface area contributed by atoms with E-state index in [1.54, 1.807) is 12.4 Å². The zero-order chi connectivity index (χ0) is 14.8. The number of nitrogens with zero attached hydrogens (tertiary/aromatic N) is 2. The normalized spacial score (nSPS) is 21.8. The van der Waals surface area contributed by atoms with Crippen LogP contribution in [0.15, 0.2) is 12.4 Å². The van der Waals surface area contributed by atoms with E-state index in [1.807, 2.05) is 0 Å². The molecule has 2 unspecified atom stereocenters. The molecule has 0 aromatic carbocycles. The largest absolute Gasteiger partial charge is 0.396 e. The molecule has 0 bridgehead atoms. The number of amides is 1. The first kappa shape index (κ1) is 14.2. The third kappa shape index (κ3) is 2.71. The molecule has 21 heavy (non-hydrogen) atoms. The minimum atomic E-state index is -0.180. The molecule has 112 valence electrons. The number of carbonyl (C=O) groups is 1. The minimum Gasteiger partial charge on any atom is -0.396 e. The highest BCUT2D eigenvalue weighted by Gasteiger charge is 2.27. The van der Waals surface area contributed by atoms with E-state index in [0.717, 1.165) is 19.3 Å². The number of fused-ring (bicyclic) bond motifs is 1. The number of aliphatic hydroxyl groups excluding tert-OH is 1. The molecule has 1 fully saturated rings. The number of hydrogen-bond acceptors (Lipinski definition) is 6. The zero-order valence-corrected chi connectivity index (χ0v) is 12.4. The standard InChI is InChI=1S/C14H18N4O2S/c15-10-11-14(17-5-4-16-11)21-12(10)13(20)18-6-8-2-1-3-9(8)7-19/h4-5,8-9,19H,1-3,6-7,15H2,(H,18,20). The van der Waals surface area contributed by atoms with E-state index in [1.165, 1.54) is 11.3 Å². The average Bonchev–Trinajstić information content (AvgIpc) is 3.09. The Kier molecular flexibility index (Phi) is 4.03. The van der Waals surface area contributed by atoms with Gasteiger partial charge in [0.2, 0.25) is 0 Å². The van der Waals surface area contributed by atoms with Crippen molar-refractivity contribution in [2.75, 3.05) is 18.9 Å². The van der Waals surface area contributed by atoms with Crippen molar-refractivity contribution in [2.24, 2.45) is 11.8 Å². The van der Waals surface area contributed by atoms with Crippen molar-refractivity contribution < 1.29 is 9.90 Å². The van der Waals surface area contributed by atoms with Crippen molar-refractivity contribution in [2.45, 2.75) is 19.3 Å². The fraction of sp³-hybridized carbons (Fsp3) is 0.500. The van der Waals surface area contributed by atoms with Crippen molar-refractivity contribution in [3.05, 3.63) is 17.3 Å². The quantitative estimate of drug-likeness (QED) is 0.793. The topological polar surface area (TPSA) is 101 Å². The lowest BCUT2D eigenvalue weighted by atomic mass is 9.97. The Morgan fingerprint density at radius 3 is 2.90 bits per heavy atom. The van der Waals surface area contributed by atoms with E-state index in [0.29, 0.717) is 39.3 Å². The number of carbonyl (C=O) groups excluding carboxylic acids is 1. The number of nitrogens with one attached hydrogen (secondary N) is 1. The van der Waals surface area contributed by atoms with Gasteiger partial charge >= 0.3 is 0 Å². The second-order valence-corrected chi connectivity index (χ2v) is 6.40. The van der Waals surface area contributed by atoms with Gasteiger partial charge in [0.1, 0.15) is 15.2 Å². The summed E-state index contributed by atoms with van der Waals surface area (Å²) < 4.78 is 0. The number of aliphatic hydroxyl groups is 1. The predicted octanol–water partition coefficient (Wildman–Crippen LogP) is 1.41. The fourth-order valence-electron chi connectivity index (χ4n) is 2.94. The van der Waals surface area contributed by atoms with Crippen molar-refractivity contribution in [1.82, 2.24) is 15.3 Å². The van der Waals surface area contributed by atoms with E-state index < -0.39 is 0 Å². The molecule has 6 nitrogen and oxygen atoms in total. The Bertz CT molecular complexity index is 657. The monoisotopic (exact) mass is 306 g/mol. The molecule has 1 amide bonds. The van der Waals surface area contributed by atoms with Crippen LogP contribution < -0.4 is 11.1 Å². The highest BCUT2D eigenvalue weighted by Crippen LogP contribution is 2.32. The molecule has 2 aromatic heterocycles. The van der Waals surface area contributed by atoms with Crippen LogP contribution in [0.25, 0.3) is 10.3 Å². The Morgan fingerprint density at radius 2 is 2.14 bits per heavy atom. The molecule has 7 heteroatoms. The Balaban J connectivity index is 1.71. The lowest BCUT2D eigenvalue weighted by Crippen LogP contribution is -2.31. The van der Waals surface area contributed by atoms with Gasteiger partial charge in [0, 0.05) is 25.5 Å². The summed E-state index contributed by atoms with van der Waals surface area (Å²) in [6.07, 6.45) is 6.36. The van der Waals surface area contributed by atoms with Crippen LogP contribution in [0.1, 0.15) is 28.9 Å². The van der Waals surface area contributed by atoms with Crippen LogP contribution >= 0.6 is 11.3 Å². The second kappa shape index (κ2) is 5.95. The number of hydrogen-bond donors (Lipinski definition) is 3. The van der Waals surface area contributed by atoms with Crippen LogP contribution in [0.3, 0.4) is 0 Å². The number of anilines is 1. The average molecular weight is 306 g/mol. The van der Waals surface area contributed by atoms with Crippen LogP contribution in [-0.4, -0.2) is 34.1 Å². The van der Waals surface area contributed by atoms with Crippen molar-refractivity contribution in [3.8, 4) is 0 Å². The van der Waals surface area contributed by atoms with Crippen LogP contribution in [0.5, 0.6) is 0 Å². The molecule has 3 rings (SSSR count). The lowest BCUT2D eigenvalue weighted by molar-refractivity contribution is 0.0942. The molecular formula is C14H18N4O2S. The SMILES string of the molecule is Nc1c(C(=O)NCC2CCCC2CO)sc2nccnc12. The smallest absolute Gasteiger partial charge is 0.263 e. The van der Waals surface area contributed by atoms with Crippen LogP contribution in [0.4, 0.5) is 5.69 Å². The van der Waals surface area contributed by atoms with Crippen LogP contribution in [-0.2, 0) is 0 Å². The molecule has 1 aliphatic carbocycles. The molecule has 0 aliphatic heterocycles. The Labute approximate surface area is 126 Å². The zero-order valence-electron chi connectivity index (χ0n) is 11.6. The van der Waals surface area contributed by atoms with Crippen molar-refractivity contribution in [1.29, 1.82) is 0 Å². The maximum absolute atomic E-state index is 12.3. The summed E-state index contributed by atoms with van der Waals surface area (Å²) in [6.45, 7) is 0.776. The van der Waals surface area contributed by atoms with Gasteiger partial charge in [-0.25, -0.2) is 9.97 Å². The molecule has 2 atom stereocenters. The molecule has 0 spiro atoms.